The zero-order chi connectivity index (χ0) is 14.6. The van der Waals surface area contributed by atoms with Gasteiger partial charge in [0.15, 0.2) is 0 Å². The van der Waals surface area contributed by atoms with Gasteiger partial charge in [0.05, 0.1) is 24.3 Å². The van der Waals surface area contributed by atoms with E-state index >= 15 is 0 Å². The molecular formula is C10H10BrClN2O5. The van der Waals surface area contributed by atoms with Gasteiger partial charge in [-0.1, -0.05) is 11.6 Å². The summed E-state index contributed by atoms with van der Waals surface area (Å²) in [6.45, 7) is 1.81. The van der Waals surface area contributed by atoms with Gasteiger partial charge in [-0.05, 0) is 28.9 Å². The van der Waals surface area contributed by atoms with E-state index in [9.17, 15) is 14.9 Å². The Balaban J connectivity index is 3.32. The van der Waals surface area contributed by atoms with Crippen molar-refractivity contribution in [3.05, 3.63) is 25.7 Å². The van der Waals surface area contributed by atoms with Gasteiger partial charge in [-0.15, -0.1) is 0 Å². The molecule has 7 nitrogen and oxygen atoms in total. The standard InChI is InChI=1S/C10H10BrClN2O5/c1-3-19-10(15)13-6-4-5(11)7(12)8(14(16)17)9(6)18-2/h4H,3H2,1-2H3,(H,13,15). The summed E-state index contributed by atoms with van der Waals surface area (Å²) < 4.78 is 9.89. The van der Waals surface area contributed by atoms with Crippen LogP contribution in [0.2, 0.25) is 5.02 Å². The molecule has 0 saturated carbocycles. The maximum atomic E-state index is 11.4. The van der Waals surface area contributed by atoms with Crippen LogP contribution >= 0.6 is 27.5 Å². The molecule has 104 valence electrons. The molecule has 0 aliphatic carbocycles. The smallest absolute Gasteiger partial charge is 0.411 e. The average molecular weight is 354 g/mol. The number of carbonyl (C=O) groups is 1. The molecule has 0 spiro atoms. The van der Waals surface area contributed by atoms with Gasteiger partial charge in [0.25, 0.3) is 0 Å². The minimum Gasteiger partial charge on any atom is -0.489 e. The predicted octanol–water partition coefficient (Wildman–Crippen LogP) is 3.59. The third kappa shape index (κ3) is 3.48. The predicted molar refractivity (Wildman–Crippen MR) is 73.0 cm³/mol. The Hall–Kier alpha value is -1.54. The van der Waals surface area contributed by atoms with E-state index in [1.165, 1.54) is 13.2 Å². The van der Waals surface area contributed by atoms with Crippen LogP contribution < -0.4 is 10.1 Å². The molecule has 0 fully saturated rings. The summed E-state index contributed by atoms with van der Waals surface area (Å²) in [7, 11) is 1.24. The largest absolute Gasteiger partial charge is 0.489 e. The highest BCUT2D eigenvalue weighted by Crippen LogP contribution is 2.44. The maximum Gasteiger partial charge on any atom is 0.411 e. The fourth-order valence-corrected chi connectivity index (χ4v) is 1.96. The van der Waals surface area contributed by atoms with Crippen LogP contribution in [0, 0.1) is 10.1 Å². The summed E-state index contributed by atoms with van der Waals surface area (Å²) in [6.07, 6.45) is -0.746. The molecule has 0 heterocycles. The highest BCUT2D eigenvalue weighted by Gasteiger charge is 2.27. The molecule has 0 atom stereocenters. The van der Waals surface area contributed by atoms with Crippen molar-refractivity contribution in [2.24, 2.45) is 0 Å². The molecule has 0 bridgehead atoms. The Morgan fingerprint density at radius 1 is 1.63 bits per heavy atom. The van der Waals surface area contributed by atoms with E-state index in [0.717, 1.165) is 0 Å². The number of anilines is 1. The summed E-state index contributed by atoms with van der Waals surface area (Å²) >= 11 is 8.90. The molecule has 1 amide bonds. The molecule has 0 aliphatic heterocycles. The fraction of sp³-hybridized carbons (Fsp3) is 0.300. The number of nitrogens with one attached hydrogen (secondary N) is 1. The number of hydrogen-bond acceptors (Lipinski definition) is 5. The summed E-state index contributed by atoms with van der Waals surface area (Å²) in [6, 6.07) is 1.39. The van der Waals surface area contributed by atoms with Crippen LogP contribution in [0.5, 0.6) is 5.75 Å². The van der Waals surface area contributed by atoms with Crippen molar-refractivity contribution in [1.29, 1.82) is 0 Å². The number of carbonyl (C=O) groups excluding carboxylic acids is 1. The minimum atomic E-state index is -0.746. The van der Waals surface area contributed by atoms with Crippen molar-refractivity contribution in [3.8, 4) is 5.75 Å². The van der Waals surface area contributed by atoms with E-state index in [1.807, 2.05) is 0 Å². The van der Waals surface area contributed by atoms with Crippen molar-refractivity contribution >= 4 is 45.0 Å². The van der Waals surface area contributed by atoms with Crippen LogP contribution in [-0.4, -0.2) is 24.7 Å². The van der Waals surface area contributed by atoms with E-state index in [4.69, 9.17) is 21.1 Å². The topological polar surface area (TPSA) is 90.7 Å². The quantitative estimate of drug-likeness (QED) is 0.660. The highest BCUT2D eigenvalue weighted by atomic mass is 79.9. The number of halogens is 2. The van der Waals surface area contributed by atoms with Gasteiger partial charge in [0, 0.05) is 4.47 Å². The first-order chi connectivity index (χ1) is 8.92. The summed E-state index contributed by atoms with van der Waals surface area (Å²) in [5.74, 6) is -0.147. The molecule has 9 heteroatoms. The number of ether oxygens (including phenoxy) is 2. The van der Waals surface area contributed by atoms with Crippen LogP contribution in [0.3, 0.4) is 0 Å². The second-order valence-corrected chi connectivity index (χ2v) is 4.44. The van der Waals surface area contributed by atoms with Crippen molar-refractivity contribution in [1.82, 2.24) is 0 Å². The summed E-state index contributed by atoms with van der Waals surface area (Å²) in [5, 5.41) is 13.2. The number of rotatable bonds is 4. The molecule has 1 aromatic rings. The average Bonchev–Trinajstić information content (AvgIpc) is 2.32. The first kappa shape index (κ1) is 15.5. The summed E-state index contributed by atoms with van der Waals surface area (Å²) in [5.41, 5.74) is -0.353. The van der Waals surface area contributed by atoms with E-state index < -0.39 is 16.7 Å². The Morgan fingerprint density at radius 2 is 2.26 bits per heavy atom. The maximum absolute atomic E-state index is 11.4. The molecule has 1 rings (SSSR count). The van der Waals surface area contributed by atoms with Crippen molar-refractivity contribution in [2.75, 3.05) is 19.0 Å². The Morgan fingerprint density at radius 3 is 2.74 bits per heavy atom. The van der Waals surface area contributed by atoms with Gasteiger partial charge in [-0.2, -0.15) is 0 Å². The lowest BCUT2D eigenvalue weighted by Crippen LogP contribution is -2.14. The molecule has 0 aromatic heterocycles. The number of benzene rings is 1. The van der Waals surface area contributed by atoms with Crippen LogP contribution in [0.1, 0.15) is 6.92 Å². The second-order valence-electron chi connectivity index (χ2n) is 3.20. The Bertz CT molecular complexity index is 523. The first-order valence-electron chi connectivity index (χ1n) is 5.06. The van der Waals surface area contributed by atoms with Crippen molar-refractivity contribution in [3.63, 3.8) is 0 Å². The number of nitrogens with zero attached hydrogens (tertiary/aromatic N) is 1. The molecule has 0 saturated heterocycles. The van der Waals surface area contributed by atoms with Gasteiger partial charge in [0.2, 0.25) is 5.75 Å². The lowest BCUT2D eigenvalue weighted by Gasteiger charge is -2.12. The molecule has 1 aromatic carbocycles. The van der Waals surface area contributed by atoms with Crippen molar-refractivity contribution in [2.45, 2.75) is 6.92 Å². The van der Waals surface area contributed by atoms with Crippen molar-refractivity contribution < 1.29 is 19.2 Å². The third-order valence-corrected chi connectivity index (χ3v) is 3.28. The Labute approximate surface area is 122 Å². The normalized spacial score (nSPS) is 9.89. The number of nitro benzene ring substituents is 1. The van der Waals surface area contributed by atoms with E-state index in [1.54, 1.807) is 6.92 Å². The lowest BCUT2D eigenvalue weighted by atomic mass is 10.2. The fourth-order valence-electron chi connectivity index (χ4n) is 1.34. The zero-order valence-corrected chi connectivity index (χ0v) is 12.4. The van der Waals surface area contributed by atoms with Gasteiger partial charge in [-0.3, -0.25) is 15.4 Å². The Kier molecular flexibility index (Phi) is 5.37. The number of amides is 1. The number of hydrogen-bond donors (Lipinski definition) is 1. The van der Waals surface area contributed by atoms with E-state index in [2.05, 4.69) is 21.2 Å². The van der Waals surface area contributed by atoms with Gasteiger partial charge < -0.3 is 9.47 Å². The highest BCUT2D eigenvalue weighted by molar-refractivity contribution is 9.10. The van der Waals surface area contributed by atoms with Crippen LogP contribution in [0.25, 0.3) is 0 Å². The van der Waals surface area contributed by atoms with E-state index in [-0.39, 0.29) is 27.5 Å². The number of nitro groups is 1. The van der Waals surface area contributed by atoms with Gasteiger partial charge in [-0.25, -0.2) is 4.79 Å². The first-order valence-corrected chi connectivity index (χ1v) is 6.23. The third-order valence-electron chi connectivity index (χ3n) is 2.05. The lowest BCUT2D eigenvalue weighted by molar-refractivity contribution is -0.385. The molecule has 0 unspecified atom stereocenters. The molecule has 19 heavy (non-hydrogen) atoms. The van der Waals surface area contributed by atoms with Crippen LogP contribution in [0.15, 0.2) is 10.5 Å². The molecule has 0 radical (unpaired) electrons. The van der Waals surface area contributed by atoms with E-state index in [0.29, 0.717) is 0 Å². The molecular weight excluding hydrogens is 343 g/mol. The second kappa shape index (κ2) is 6.58. The molecule has 1 N–H and O–H groups in total. The number of methoxy groups -OCH3 is 1. The minimum absolute atomic E-state index is 0.0870. The van der Waals surface area contributed by atoms with Gasteiger partial charge >= 0.3 is 11.8 Å². The van der Waals surface area contributed by atoms with Gasteiger partial charge in [0.1, 0.15) is 5.02 Å². The molecule has 0 aliphatic rings. The SMILES string of the molecule is CCOC(=O)Nc1cc(Br)c(Cl)c([N+](=O)[O-])c1OC. The monoisotopic (exact) mass is 352 g/mol. The van der Waals surface area contributed by atoms with Crippen LogP contribution in [-0.2, 0) is 4.74 Å². The van der Waals surface area contributed by atoms with Crippen LogP contribution in [0.4, 0.5) is 16.2 Å². The zero-order valence-electron chi connectivity index (χ0n) is 10.0. The summed E-state index contributed by atoms with van der Waals surface area (Å²) in [4.78, 5) is 21.7.